The number of aryl methyl sites for hydroxylation is 1. The summed E-state index contributed by atoms with van der Waals surface area (Å²) < 4.78 is 42.7. The fourth-order valence-corrected chi connectivity index (χ4v) is 6.31. The van der Waals surface area contributed by atoms with Crippen LogP contribution in [-0.4, -0.2) is 43.3 Å². The van der Waals surface area contributed by atoms with E-state index in [0.717, 1.165) is 39.7 Å². The van der Waals surface area contributed by atoms with E-state index in [-0.39, 0.29) is 29.5 Å². The molecule has 0 aromatic heterocycles. The van der Waals surface area contributed by atoms with Crippen molar-refractivity contribution in [1.82, 2.24) is 10.2 Å². The number of rotatable bonds is 11. The Morgan fingerprint density at radius 1 is 0.844 bits per heavy atom. The number of amides is 2. The van der Waals surface area contributed by atoms with Gasteiger partial charge in [-0.1, -0.05) is 71.8 Å². The molecule has 0 saturated heterocycles. The van der Waals surface area contributed by atoms with Crippen molar-refractivity contribution in [2.24, 2.45) is 0 Å². The van der Waals surface area contributed by atoms with Crippen LogP contribution in [0.3, 0.4) is 0 Å². The van der Waals surface area contributed by atoms with Crippen molar-refractivity contribution in [2.45, 2.75) is 57.1 Å². The molecule has 0 radical (unpaired) electrons. The van der Waals surface area contributed by atoms with E-state index in [9.17, 15) is 22.4 Å². The Hall–Kier alpha value is -4.21. The average molecular weight is 650 g/mol. The molecule has 0 unspecified atom stereocenters. The van der Waals surface area contributed by atoms with Crippen molar-refractivity contribution < 1.29 is 22.4 Å². The zero-order valence-corrected chi connectivity index (χ0v) is 27.3. The molecule has 0 fully saturated rings. The molecule has 0 saturated carbocycles. The summed E-state index contributed by atoms with van der Waals surface area (Å²) in [6, 6.07) is 26.4. The first-order chi connectivity index (χ1) is 21.2. The van der Waals surface area contributed by atoms with Crippen LogP contribution >= 0.6 is 11.6 Å². The monoisotopic (exact) mass is 649 g/mol. The smallest absolute Gasteiger partial charge is 0.264 e. The molecule has 1 N–H and O–H groups in total. The van der Waals surface area contributed by atoms with Gasteiger partial charge in [0.15, 0.2) is 0 Å². The van der Waals surface area contributed by atoms with Gasteiger partial charge < -0.3 is 10.2 Å². The third-order valence-corrected chi connectivity index (χ3v) is 9.08. The first-order valence-electron chi connectivity index (χ1n) is 14.5. The van der Waals surface area contributed by atoms with Crippen molar-refractivity contribution in [3.63, 3.8) is 0 Å². The van der Waals surface area contributed by atoms with Gasteiger partial charge in [-0.05, 0) is 87.4 Å². The summed E-state index contributed by atoms with van der Waals surface area (Å²) in [6.07, 6.45) is 0.192. The summed E-state index contributed by atoms with van der Waals surface area (Å²) in [4.78, 5) is 29.6. The highest BCUT2D eigenvalue weighted by atomic mass is 35.5. The van der Waals surface area contributed by atoms with Crippen molar-refractivity contribution in [1.29, 1.82) is 0 Å². The van der Waals surface area contributed by atoms with Gasteiger partial charge in [0.05, 0.1) is 10.6 Å². The molecular weight excluding hydrogens is 613 g/mol. The van der Waals surface area contributed by atoms with Crippen LogP contribution in [0.5, 0.6) is 0 Å². The van der Waals surface area contributed by atoms with Gasteiger partial charge >= 0.3 is 0 Å². The second-order valence-corrected chi connectivity index (χ2v) is 14.2. The largest absolute Gasteiger partial charge is 0.350 e. The van der Waals surface area contributed by atoms with Gasteiger partial charge in [-0.3, -0.25) is 13.9 Å². The maximum Gasteiger partial charge on any atom is 0.264 e. The SMILES string of the molecule is Cc1ccc(N(CC(=O)N(Cc2ccc(Cl)cc2)[C@@H](Cc2ccccc2)C(=O)NC(C)(C)C)S(=O)(=O)c2ccc(F)cc2)cc1. The van der Waals surface area contributed by atoms with Crippen LogP contribution in [0.1, 0.15) is 37.5 Å². The maximum absolute atomic E-state index is 14.5. The van der Waals surface area contributed by atoms with Gasteiger partial charge in [0.25, 0.3) is 10.0 Å². The lowest BCUT2D eigenvalue weighted by Crippen LogP contribution is -2.56. The van der Waals surface area contributed by atoms with Crippen LogP contribution in [0.15, 0.2) is 108 Å². The molecule has 236 valence electrons. The third kappa shape index (κ3) is 9.15. The number of benzene rings is 4. The number of nitrogens with one attached hydrogen (secondary N) is 1. The Morgan fingerprint density at radius 3 is 2.02 bits per heavy atom. The second-order valence-electron chi connectivity index (χ2n) is 11.9. The van der Waals surface area contributed by atoms with Crippen LogP contribution in [0.2, 0.25) is 5.02 Å². The number of halogens is 2. The first-order valence-corrected chi connectivity index (χ1v) is 16.3. The third-order valence-electron chi connectivity index (χ3n) is 7.04. The summed E-state index contributed by atoms with van der Waals surface area (Å²) in [6.45, 7) is 6.83. The van der Waals surface area contributed by atoms with E-state index in [1.807, 2.05) is 58.0 Å². The Labute approximate surface area is 269 Å². The summed E-state index contributed by atoms with van der Waals surface area (Å²) in [5.41, 5.74) is 2.09. The molecule has 0 aliphatic carbocycles. The molecule has 4 rings (SSSR count). The molecule has 4 aromatic carbocycles. The van der Waals surface area contributed by atoms with E-state index in [4.69, 9.17) is 11.6 Å². The number of sulfonamides is 1. The van der Waals surface area contributed by atoms with Crippen LogP contribution in [0.4, 0.5) is 10.1 Å². The fourth-order valence-electron chi connectivity index (χ4n) is 4.77. The minimum atomic E-state index is -4.32. The van der Waals surface area contributed by atoms with Crippen molar-refractivity contribution in [3.05, 3.63) is 131 Å². The Balaban J connectivity index is 1.81. The van der Waals surface area contributed by atoms with E-state index >= 15 is 0 Å². The van der Waals surface area contributed by atoms with Crippen LogP contribution in [0, 0.1) is 12.7 Å². The van der Waals surface area contributed by atoms with E-state index in [0.29, 0.717) is 10.6 Å². The number of hydrogen-bond acceptors (Lipinski definition) is 4. The van der Waals surface area contributed by atoms with Crippen molar-refractivity contribution in [2.75, 3.05) is 10.8 Å². The molecule has 0 aliphatic heterocycles. The molecule has 0 spiro atoms. The molecule has 45 heavy (non-hydrogen) atoms. The summed E-state index contributed by atoms with van der Waals surface area (Å²) in [7, 11) is -4.32. The molecule has 0 heterocycles. The standard InChI is InChI=1S/C35H37ClFN3O4S/c1-25-10-18-30(19-11-25)40(45(43,44)31-20-16-29(37)17-21-31)24-33(41)39(23-27-12-14-28(36)15-13-27)32(34(42)38-35(2,3)4)22-26-8-6-5-7-9-26/h5-21,32H,22-24H2,1-4H3,(H,38,42)/t32-/m0/s1. The first kappa shape index (κ1) is 33.7. The highest BCUT2D eigenvalue weighted by Gasteiger charge is 2.35. The molecule has 0 bridgehead atoms. The van der Waals surface area contributed by atoms with Gasteiger partial charge in [0.1, 0.15) is 18.4 Å². The lowest BCUT2D eigenvalue weighted by atomic mass is 10.0. The summed E-state index contributed by atoms with van der Waals surface area (Å²) >= 11 is 6.13. The van der Waals surface area contributed by atoms with E-state index < -0.39 is 39.9 Å². The lowest BCUT2D eigenvalue weighted by molar-refractivity contribution is -0.140. The van der Waals surface area contributed by atoms with Crippen molar-refractivity contribution >= 4 is 39.1 Å². The minimum Gasteiger partial charge on any atom is -0.350 e. The number of carbonyl (C=O) groups excluding carboxylic acids is 2. The van der Waals surface area contributed by atoms with Crippen LogP contribution in [-0.2, 0) is 32.6 Å². The van der Waals surface area contributed by atoms with Crippen molar-refractivity contribution in [3.8, 4) is 0 Å². The van der Waals surface area contributed by atoms with Gasteiger partial charge in [0.2, 0.25) is 11.8 Å². The maximum atomic E-state index is 14.5. The molecule has 4 aromatic rings. The zero-order valence-electron chi connectivity index (χ0n) is 25.7. The quantitative estimate of drug-likeness (QED) is 0.200. The molecular formula is C35H37ClFN3O4S. The Morgan fingerprint density at radius 2 is 1.44 bits per heavy atom. The molecule has 0 aliphatic rings. The topological polar surface area (TPSA) is 86.8 Å². The second kappa shape index (κ2) is 14.3. The van der Waals surface area contributed by atoms with E-state index in [2.05, 4.69) is 5.32 Å². The number of nitrogens with zero attached hydrogens (tertiary/aromatic N) is 2. The Kier molecular flexibility index (Phi) is 10.7. The van der Waals surface area contributed by atoms with Gasteiger partial charge in [-0.25, -0.2) is 12.8 Å². The fraction of sp³-hybridized carbons (Fsp3) is 0.257. The molecule has 1 atom stereocenters. The van der Waals surface area contributed by atoms with E-state index in [1.54, 1.807) is 48.5 Å². The normalized spacial score (nSPS) is 12.3. The van der Waals surface area contributed by atoms with Gasteiger partial charge in [-0.15, -0.1) is 0 Å². The molecule has 10 heteroatoms. The Bertz CT molecular complexity index is 1710. The predicted molar refractivity (Wildman–Crippen MR) is 176 cm³/mol. The van der Waals surface area contributed by atoms with E-state index in [1.165, 1.54) is 4.90 Å². The molecule has 7 nitrogen and oxygen atoms in total. The highest BCUT2D eigenvalue weighted by Crippen LogP contribution is 2.26. The number of carbonyl (C=O) groups is 2. The number of hydrogen-bond donors (Lipinski definition) is 1. The minimum absolute atomic E-state index is 0.0173. The lowest BCUT2D eigenvalue weighted by Gasteiger charge is -2.35. The molecule has 2 amide bonds. The van der Waals surface area contributed by atoms with Crippen LogP contribution in [0.25, 0.3) is 0 Å². The summed E-state index contributed by atoms with van der Waals surface area (Å²) in [5, 5.41) is 3.51. The number of anilines is 1. The zero-order chi connectivity index (χ0) is 32.8. The van der Waals surface area contributed by atoms with Gasteiger partial charge in [0, 0.05) is 23.5 Å². The van der Waals surface area contributed by atoms with Gasteiger partial charge in [-0.2, -0.15) is 0 Å². The summed E-state index contributed by atoms with van der Waals surface area (Å²) in [5.74, 6) is -1.56. The van der Waals surface area contributed by atoms with Crippen LogP contribution < -0.4 is 9.62 Å². The highest BCUT2D eigenvalue weighted by molar-refractivity contribution is 7.92. The average Bonchev–Trinajstić information content (AvgIpc) is 2.99. The predicted octanol–water partition coefficient (Wildman–Crippen LogP) is 6.54.